The Labute approximate surface area is 106 Å². The molecule has 1 aliphatic carbocycles. The monoisotopic (exact) mass is 253 g/mol. The summed E-state index contributed by atoms with van der Waals surface area (Å²) in [6, 6.07) is 6.99. The van der Waals surface area contributed by atoms with Crippen LogP contribution < -0.4 is 0 Å². The van der Waals surface area contributed by atoms with Gasteiger partial charge in [0.2, 0.25) is 0 Å². The van der Waals surface area contributed by atoms with Gasteiger partial charge < -0.3 is 0 Å². The molecule has 0 bridgehead atoms. The molecule has 0 aliphatic heterocycles. The summed E-state index contributed by atoms with van der Waals surface area (Å²) in [5.74, 6) is 1.97. The molecule has 92 valence electrons. The second-order valence-electron chi connectivity index (χ2n) is 4.72. The predicted molar refractivity (Wildman–Crippen MR) is 68.5 cm³/mol. The number of alkyl halides is 1. The lowest BCUT2D eigenvalue weighted by Gasteiger charge is -2.27. The van der Waals surface area contributed by atoms with E-state index in [2.05, 4.69) is 0 Å². The van der Waals surface area contributed by atoms with E-state index >= 15 is 0 Å². The van der Waals surface area contributed by atoms with Gasteiger partial charge in [-0.2, -0.15) is 0 Å². The predicted octanol–water partition coefficient (Wildman–Crippen LogP) is 4.11. The maximum atomic E-state index is 10.6. The lowest BCUT2D eigenvalue weighted by Crippen LogP contribution is -2.14. The fourth-order valence-electron chi connectivity index (χ4n) is 2.52. The first-order chi connectivity index (χ1) is 8.20. The molecule has 0 heterocycles. The van der Waals surface area contributed by atoms with Gasteiger partial charge in [0.1, 0.15) is 0 Å². The Morgan fingerprint density at radius 2 is 1.76 bits per heavy atom. The molecule has 0 aromatic heterocycles. The number of hydrogen-bond acceptors (Lipinski definition) is 2. The van der Waals surface area contributed by atoms with Crippen molar-refractivity contribution in [3.63, 3.8) is 0 Å². The Balaban J connectivity index is 2.01. The van der Waals surface area contributed by atoms with Crippen LogP contribution in [0.4, 0.5) is 5.69 Å². The van der Waals surface area contributed by atoms with E-state index in [1.807, 2.05) is 12.1 Å². The highest BCUT2D eigenvalue weighted by Gasteiger charge is 2.22. The van der Waals surface area contributed by atoms with E-state index in [0.29, 0.717) is 11.8 Å². The van der Waals surface area contributed by atoms with Gasteiger partial charge in [-0.3, -0.25) is 10.1 Å². The van der Waals surface area contributed by atoms with Crippen LogP contribution in [-0.2, 0) is 0 Å². The highest BCUT2D eigenvalue weighted by Crippen LogP contribution is 2.36. The normalized spacial score (nSPS) is 24.5. The molecule has 1 aromatic rings. The SMILES string of the molecule is O=[N+]([O-])c1ccc(C2CCC(CCl)CC2)cc1. The summed E-state index contributed by atoms with van der Waals surface area (Å²) in [4.78, 5) is 10.2. The molecule has 0 atom stereocenters. The summed E-state index contributed by atoms with van der Waals surface area (Å²) in [6.07, 6.45) is 4.64. The van der Waals surface area contributed by atoms with Crippen molar-refractivity contribution in [3.8, 4) is 0 Å². The van der Waals surface area contributed by atoms with Crippen molar-refractivity contribution in [1.82, 2.24) is 0 Å². The molecule has 1 aliphatic rings. The Kier molecular flexibility index (Phi) is 4.00. The van der Waals surface area contributed by atoms with Gasteiger partial charge in [0, 0.05) is 18.0 Å². The fourth-order valence-corrected chi connectivity index (χ4v) is 2.83. The number of hydrogen-bond donors (Lipinski definition) is 0. The van der Waals surface area contributed by atoms with Gasteiger partial charge in [0.25, 0.3) is 5.69 Å². The largest absolute Gasteiger partial charge is 0.269 e. The van der Waals surface area contributed by atoms with E-state index < -0.39 is 0 Å². The fraction of sp³-hybridized carbons (Fsp3) is 0.538. The topological polar surface area (TPSA) is 43.1 Å². The zero-order valence-corrected chi connectivity index (χ0v) is 10.4. The quantitative estimate of drug-likeness (QED) is 0.462. The number of nitro groups is 1. The second-order valence-corrected chi connectivity index (χ2v) is 5.03. The van der Waals surface area contributed by atoms with Crippen LogP contribution in [0.15, 0.2) is 24.3 Å². The van der Waals surface area contributed by atoms with Gasteiger partial charge in [0.05, 0.1) is 4.92 Å². The summed E-state index contributed by atoms with van der Waals surface area (Å²) in [5, 5.41) is 10.6. The van der Waals surface area contributed by atoms with Gasteiger partial charge in [-0.1, -0.05) is 12.1 Å². The first kappa shape index (κ1) is 12.4. The summed E-state index contributed by atoms with van der Waals surface area (Å²) in [5.41, 5.74) is 1.40. The number of benzene rings is 1. The molecule has 1 saturated carbocycles. The lowest BCUT2D eigenvalue weighted by molar-refractivity contribution is -0.384. The number of non-ortho nitro benzene ring substituents is 1. The minimum atomic E-state index is -0.353. The van der Waals surface area contributed by atoms with Crippen LogP contribution in [0.2, 0.25) is 0 Å². The number of halogens is 1. The van der Waals surface area contributed by atoms with Crippen molar-refractivity contribution in [2.24, 2.45) is 5.92 Å². The van der Waals surface area contributed by atoms with Crippen molar-refractivity contribution in [3.05, 3.63) is 39.9 Å². The van der Waals surface area contributed by atoms with Gasteiger partial charge in [-0.05, 0) is 43.1 Å². The minimum Gasteiger partial charge on any atom is -0.258 e. The van der Waals surface area contributed by atoms with Crippen LogP contribution in [0.3, 0.4) is 0 Å². The molecular formula is C13H16ClNO2. The molecule has 0 N–H and O–H groups in total. The molecule has 1 fully saturated rings. The van der Waals surface area contributed by atoms with E-state index in [0.717, 1.165) is 18.7 Å². The van der Waals surface area contributed by atoms with Crippen LogP contribution in [0.5, 0.6) is 0 Å². The van der Waals surface area contributed by atoms with Crippen molar-refractivity contribution < 1.29 is 4.92 Å². The number of nitro benzene ring substituents is 1. The van der Waals surface area contributed by atoms with Gasteiger partial charge in [0.15, 0.2) is 0 Å². The molecule has 0 unspecified atom stereocenters. The summed E-state index contributed by atoms with van der Waals surface area (Å²) < 4.78 is 0. The van der Waals surface area contributed by atoms with Gasteiger partial charge in [-0.15, -0.1) is 11.6 Å². The summed E-state index contributed by atoms with van der Waals surface area (Å²) in [7, 11) is 0. The molecule has 17 heavy (non-hydrogen) atoms. The number of nitrogens with zero attached hydrogens (tertiary/aromatic N) is 1. The molecule has 4 heteroatoms. The van der Waals surface area contributed by atoms with E-state index in [9.17, 15) is 10.1 Å². The van der Waals surface area contributed by atoms with Crippen molar-refractivity contribution in [1.29, 1.82) is 0 Å². The smallest absolute Gasteiger partial charge is 0.258 e. The van der Waals surface area contributed by atoms with Gasteiger partial charge >= 0.3 is 0 Å². The molecule has 0 saturated heterocycles. The summed E-state index contributed by atoms with van der Waals surface area (Å²) >= 11 is 5.85. The maximum absolute atomic E-state index is 10.6. The molecule has 0 amide bonds. The Hall–Kier alpha value is -1.09. The Bertz CT molecular complexity index is 383. The van der Waals surface area contributed by atoms with Crippen LogP contribution in [0.1, 0.15) is 37.2 Å². The zero-order chi connectivity index (χ0) is 12.3. The lowest BCUT2D eigenvalue weighted by atomic mass is 9.79. The van der Waals surface area contributed by atoms with Gasteiger partial charge in [-0.25, -0.2) is 0 Å². The molecule has 3 nitrogen and oxygen atoms in total. The maximum Gasteiger partial charge on any atom is 0.269 e. The van der Waals surface area contributed by atoms with E-state index in [4.69, 9.17) is 11.6 Å². The van der Waals surface area contributed by atoms with E-state index in [1.165, 1.54) is 18.4 Å². The van der Waals surface area contributed by atoms with Crippen LogP contribution in [0.25, 0.3) is 0 Å². The van der Waals surface area contributed by atoms with Crippen molar-refractivity contribution in [2.45, 2.75) is 31.6 Å². The molecule has 0 spiro atoms. The van der Waals surface area contributed by atoms with Crippen molar-refractivity contribution in [2.75, 3.05) is 5.88 Å². The van der Waals surface area contributed by atoms with E-state index in [-0.39, 0.29) is 10.6 Å². The van der Waals surface area contributed by atoms with Crippen LogP contribution in [-0.4, -0.2) is 10.8 Å². The van der Waals surface area contributed by atoms with Crippen LogP contribution >= 0.6 is 11.6 Å². The Morgan fingerprint density at radius 3 is 2.24 bits per heavy atom. The zero-order valence-electron chi connectivity index (χ0n) is 9.64. The molecular weight excluding hydrogens is 238 g/mol. The third kappa shape index (κ3) is 2.97. The summed E-state index contributed by atoms with van der Waals surface area (Å²) in [6.45, 7) is 0. The first-order valence-electron chi connectivity index (χ1n) is 6.01. The highest BCUT2D eigenvalue weighted by molar-refractivity contribution is 6.18. The third-order valence-electron chi connectivity index (χ3n) is 3.64. The third-order valence-corrected chi connectivity index (χ3v) is 4.08. The molecule has 1 aromatic carbocycles. The van der Waals surface area contributed by atoms with Crippen molar-refractivity contribution >= 4 is 17.3 Å². The van der Waals surface area contributed by atoms with Crippen LogP contribution in [0, 0.1) is 16.0 Å². The average molecular weight is 254 g/mol. The van der Waals surface area contributed by atoms with E-state index in [1.54, 1.807) is 12.1 Å². The number of rotatable bonds is 3. The average Bonchev–Trinajstić information content (AvgIpc) is 2.39. The standard InChI is InChI=1S/C13H16ClNO2/c14-9-10-1-3-11(4-2-10)12-5-7-13(8-6-12)15(16)17/h5-8,10-11H,1-4,9H2. The Morgan fingerprint density at radius 1 is 1.18 bits per heavy atom. The first-order valence-corrected chi connectivity index (χ1v) is 6.54. The second kappa shape index (κ2) is 5.50. The minimum absolute atomic E-state index is 0.170. The molecule has 2 rings (SSSR count). The molecule has 0 radical (unpaired) electrons. The highest BCUT2D eigenvalue weighted by atomic mass is 35.5.